The monoisotopic (exact) mass is 292 g/mol. The third-order valence-electron chi connectivity index (χ3n) is 5.45. The number of hydrogen-bond donors (Lipinski definition) is 1. The van der Waals surface area contributed by atoms with Gasteiger partial charge in [0.15, 0.2) is 0 Å². The van der Waals surface area contributed by atoms with Gasteiger partial charge in [-0.1, -0.05) is 34.1 Å². The molecule has 4 atom stereocenters. The molecule has 0 spiro atoms. The van der Waals surface area contributed by atoms with Crippen LogP contribution in [0.25, 0.3) is 0 Å². The van der Waals surface area contributed by atoms with Gasteiger partial charge in [0.05, 0.1) is 18.8 Å². The highest BCUT2D eigenvalue weighted by Crippen LogP contribution is 2.41. The van der Waals surface area contributed by atoms with Gasteiger partial charge >= 0.3 is 0 Å². The van der Waals surface area contributed by atoms with Crippen LogP contribution in [-0.2, 0) is 4.74 Å². The van der Waals surface area contributed by atoms with Crippen LogP contribution < -0.4 is 5.32 Å². The number of hydrogen-bond acceptors (Lipinski definition) is 3. The first-order valence-corrected chi connectivity index (χ1v) is 8.80. The van der Waals surface area contributed by atoms with Gasteiger partial charge in [-0.2, -0.15) is 5.26 Å². The third-order valence-corrected chi connectivity index (χ3v) is 5.45. The average Bonchev–Trinajstić information content (AvgIpc) is 3.28. The highest BCUT2D eigenvalue weighted by atomic mass is 16.5. The molecule has 3 heteroatoms. The molecular formula is C18H32N2O. The zero-order valence-corrected chi connectivity index (χ0v) is 14.2. The minimum atomic E-state index is -0.447. The van der Waals surface area contributed by atoms with Crippen molar-refractivity contribution >= 4 is 0 Å². The molecule has 0 radical (unpaired) electrons. The zero-order chi connectivity index (χ0) is 15.5. The Morgan fingerprint density at radius 3 is 2.52 bits per heavy atom. The molecule has 2 aliphatic carbocycles. The lowest BCUT2D eigenvalue weighted by Gasteiger charge is -2.39. The number of nitriles is 1. The summed E-state index contributed by atoms with van der Waals surface area (Å²) in [6.45, 7) is 10.4. The van der Waals surface area contributed by atoms with Gasteiger partial charge in [-0.15, -0.1) is 0 Å². The first kappa shape index (κ1) is 16.8. The molecule has 0 aromatic rings. The van der Waals surface area contributed by atoms with Crippen LogP contribution in [0, 0.1) is 35.0 Å². The smallest absolute Gasteiger partial charge is 0.133 e. The Morgan fingerprint density at radius 1 is 1.29 bits per heavy atom. The molecule has 1 N–H and O–H groups in total. The molecule has 0 heterocycles. The molecule has 2 rings (SSSR count). The second kappa shape index (κ2) is 7.11. The molecule has 0 aromatic carbocycles. The van der Waals surface area contributed by atoms with Gasteiger partial charge in [-0.25, -0.2) is 0 Å². The summed E-state index contributed by atoms with van der Waals surface area (Å²) in [7, 11) is 0. The molecular weight excluding hydrogens is 260 g/mol. The van der Waals surface area contributed by atoms with Crippen molar-refractivity contribution in [3.63, 3.8) is 0 Å². The van der Waals surface area contributed by atoms with E-state index >= 15 is 0 Å². The SMILES string of the molecule is CCNC(C#N)(COC1CC(C)CCC1C(C)C)C1CC1. The molecule has 2 fully saturated rings. The quantitative estimate of drug-likeness (QED) is 0.777. The van der Waals surface area contributed by atoms with E-state index < -0.39 is 5.54 Å². The van der Waals surface area contributed by atoms with Crippen molar-refractivity contribution in [2.24, 2.45) is 23.7 Å². The van der Waals surface area contributed by atoms with Gasteiger partial charge < -0.3 is 4.74 Å². The maximum Gasteiger partial charge on any atom is 0.133 e. The molecule has 0 aromatic heterocycles. The molecule has 2 aliphatic rings. The van der Waals surface area contributed by atoms with Crippen molar-refractivity contribution < 1.29 is 4.74 Å². The summed E-state index contributed by atoms with van der Waals surface area (Å²) in [5, 5.41) is 13.1. The van der Waals surface area contributed by atoms with Crippen LogP contribution >= 0.6 is 0 Å². The molecule has 0 bridgehead atoms. The molecule has 21 heavy (non-hydrogen) atoms. The predicted octanol–water partition coefficient (Wildman–Crippen LogP) is 3.75. The van der Waals surface area contributed by atoms with E-state index in [9.17, 15) is 5.26 Å². The Morgan fingerprint density at radius 2 is 2.00 bits per heavy atom. The Kier molecular flexibility index (Phi) is 5.68. The summed E-state index contributed by atoms with van der Waals surface area (Å²) < 4.78 is 6.35. The lowest BCUT2D eigenvalue weighted by Crippen LogP contribution is -2.51. The van der Waals surface area contributed by atoms with Gasteiger partial charge in [0.1, 0.15) is 5.54 Å². The fraction of sp³-hybridized carbons (Fsp3) is 0.944. The summed E-state index contributed by atoms with van der Waals surface area (Å²) >= 11 is 0. The van der Waals surface area contributed by atoms with Crippen LogP contribution in [0.4, 0.5) is 0 Å². The molecule has 4 unspecified atom stereocenters. The van der Waals surface area contributed by atoms with E-state index in [1.807, 2.05) is 0 Å². The predicted molar refractivity (Wildman–Crippen MR) is 85.8 cm³/mol. The minimum Gasteiger partial charge on any atom is -0.375 e. The first-order valence-electron chi connectivity index (χ1n) is 8.80. The van der Waals surface area contributed by atoms with E-state index in [4.69, 9.17) is 4.74 Å². The number of rotatable bonds is 7. The van der Waals surface area contributed by atoms with E-state index in [2.05, 4.69) is 39.1 Å². The Labute approximate surface area is 130 Å². The average molecular weight is 292 g/mol. The topological polar surface area (TPSA) is 45.0 Å². The standard InChI is InChI=1S/C18H32N2O/c1-5-20-18(11-19,15-7-8-15)12-21-17-10-14(4)6-9-16(17)13(2)3/h13-17,20H,5-10,12H2,1-4H3. The van der Waals surface area contributed by atoms with E-state index in [-0.39, 0.29) is 0 Å². The van der Waals surface area contributed by atoms with Gasteiger partial charge in [-0.3, -0.25) is 5.32 Å². The van der Waals surface area contributed by atoms with Crippen molar-refractivity contribution in [1.29, 1.82) is 5.26 Å². The maximum atomic E-state index is 9.68. The number of nitrogens with one attached hydrogen (secondary N) is 1. The van der Waals surface area contributed by atoms with E-state index in [0.29, 0.717) is 30.5 Å². The van der Waals surface area contributed by atoms with Crippen molar-refractivity contribution in [3.8, 4) is 6.07 Å². The molecule has 2 saturated carbocycles. The second-order valence-electron chi connectivity index (χ2n) is 7.56. The minimum absolute atomic E-state index is 0.332. The highest BCUT2D eigenvalue weighted by molar-refractivity contribution is 5.15. The second-order valence-corrected chi connectivity index (χ2v) is 7.56. The fourth-order valence-electron chi connectivity index (χ4n) is 3.91. The van der Waals surface area contributed by atoms with E-state index in [0.717, 1.165) is 18.9 Å². The molecule has 0 saturated heterocycles. The lowest BCUT2D eigenvalue weighted by atomic mass is 9.75. The van der Waals surface area contributed by atoms with Crippen LogP contribution in [0.15, 0.2) is 0 Å². The van der Waals surface area contributed by atoms with E-state index in [1.165, 1.54) is 25.7 Å². The molecule has 120 valence electrons. The largest absolute Gasteiger partial charge is 0.375 e. The van der Waals surface area contributed by atoms with Crippen molar-refractivity contribution in [1.82, 2.24) is 5.32 Å². The zero-order valence-electron chi connectivity index (χ0n) is 14.2. The van der Waals surface area contributed by atoms with Crippen molar-refractivity contribution in [2.75, 3.05) is 13.2 Å². The Bertz CT molecular complexity index is 372. The van der Waals surface area contributed by atoms with Crippen LogP contribution in [0.1, 0.15) is 59.8 Å². The summed E-state index contributed by atoms with van der Waals surface area (Å²) in [5.41, 5.74) is -0.447. The molecule has 0 aliphatic heterocycles. The number of ether oxygens (including phenoxy) is 1. The van der Waals surface area contributed by atoms with Crippen LogP contribution in [-0.4, -0.2) is 24.8 Å². The highest BCUT2D eigenvalue weighted by Gasteiger charge is 2.46. The van der Waals surface area contributed by atoms with Crippen LogP contribution in [0.2, 0.25) is 0 Å². The lowest BCUT2D eigenvalue weighted by molar-refractivity contribution is -0.0564. The summed E-state index contributed by atoms with van der Waals surface area (Å²) in [5.74, 6) is 2.56. The van der Waals surface area contributed by atoms with Crippen molar-refractivity contribution in [2.45, 2.75) is 71.4 Å². The van der Waals surface area contributed by atoms with Crippen LogP contribution in [0.5, 0.6) is 0 Å². The van der Waals surface area contributed by atoms with Gasteiger partial charge in [0.25, 0.3) is 0 Å². The molecule has 3 nitrogen and oxygen atoms in total. The number of nitrogens with zero attached hydrogens (tertiary/aromatic N) is 1. The van der Waals surface area contributed by atoms with Gasteiger partial charge in [0.2, 0.25) is 0 Å². The molecule has 0 amide bonds. The van der Waals surface area contributed by atoms with Gasteiger partial charge in [-0.05, 0) is 55.9 Å². The normalized spacial score (nSPS) is 32.7. The third kappa shape index (κ3) is 3.99. The van der Waals surface area contributed by atoms with E-state index in [1.54, 1.807) is 0 Å². The van der Waals surface area contributed by atoms with Crippen molar-refractivity contribution in [3.05, 3.63) is 0 Å². The Balaban J connectivity index is 1.99. The summed E-state index contributed by atoms with van der Waals surface area (Å²) in [6, 6.07) is 2.54. The Hall–Kier alpha value is -0.590. The van der Waals surface area contributed by atoms with Gasteiger partial charge in [0, 0.05) is 0 Å². The number of likely N-dealkylation sites (N-methyl/N-ethyl adjacent to an activating group) is 1. The van der Waals surface area contributed by atoms with Crippen LogP contribution in [0.3, 0.4) is 0 Å². The maximum absolute atomic E-state index is 9.68. The summed E-state index contributed by atoms with van der Waals surface area (Å²) in [6.07, 6.45) is 6.41. The summed E-state index contributed by atoms with van der Waals surface area (Å²) in [4.78, 5) is 0. The fourth-order valence-corrected chi connectivity index (χ4v) is 3.91. The first-order chi connectivity index (χ1) is 10.0.